The predicted octanol–water partition coefficient (Wildman–Crippen LogP) is 17.7. The van der Waals surface area contributed by atoms with Crippen LogP contribution in [-0.2, 0) is 0 Å². The molecule has 0 amide bonds. The van der Waals surface area contributed by atoms with Gasteiger partial charge in [-0.05, 0) is 102 Å². The first-order chi connectivity index (χ1) is 30.8. The average molecular weight is 806 g/mol. The van der Waals surface area contributed by atoms with Crippen molar-refractivity contribution in [2.45, 2.75) is 0 Å². The number of hydrogen-bond acceptors (Lipinski definition) is 2. The number of fused-ring (bicyclic) bond motifs is 7. The fourth-order valence-electron chi connectivity index (χ4n) is 9.73. The Kier molecular flexibility index (Phi) is 8.76. The molecule has 0 aliphatic rings. The van der Waals surface area contributed by atoms with Crippen LogP contribution in [0.4, 0.5) is 17.1 Å². The summed E-state index contributed by atoms with van der Waals surface area (Å²) in [6, 6.07) is 86.9. The minimum absolute atomic E-state index is 1.09. The standard InChI is InChI=1S/C60H39NS/c1-2-17-40(18-3-1)46-28-13-20-42-21-14-32-53(59(42)46)52-26-7-10-34-56(52)61(44-23-12-22-43(39-44)47-29-16-36-58-60(47)54-27-8-11-35-57(54)62-58)55-33-9-6-25-51(55)49-31-15-30-48-45-24-5-4-19-41(45)37-38-50(48)49/h1-39H. The van der Waals surface area contributed by atoms with E-state index < -0.39 is 0 Å². The fraction of sp³-hybridized carbons (Fsp3) is 0. The molecule has 0 N–H and O–H groups in total. The first kappa shape index (κ1) is 36.1. The van der Waals surface area contributed by atoms with E-state index >= 15 is 0 Å². The van der Waals surface area contributed by atoms with Gasteiger partial charge in [0.25, 0.3) is 0 Å². The van der Waals surface area contributed by atoms with Crippen molar-refractivity contribution in [1.29, 1.82) is 0 Å². The van der Waals surface area contributed by atoms with Crippen molar-refractivity contribution in [1.82, 2.24) is 0 Å². The second-order valence-corrected chi connectivity index (χ2v) is 17.0. The van der Waals surface area contributed by atoms with Crippen LogP contribution in [-0.4, -0.2) is 0 Å². The van der Waals surface area contributed by atoms with Crippen LogP contribution < -0.4 is 4.90 Å². The molecule has 11 aromatic carbocycles. The number of rotatable bonds is 7. The Morgan fingerprint density at radius 1 is 0.274 bits per heavy atom. The molecule has 290 valence electrons. The number of hydrogen-bond donors (Lipinski definition) is 0. The second-order valence-electron chi connectivity index (χ2n) is 16.0. The van der Waals surface area contributed by atoms with E-state index in [0.29, 0.717) is 0 Å². The fourth-order valence-corrected chi connectivity index (χ4v) is 10.9. The Bertz CT molecular complexity index is 3650. The molecule has 1 nitrogen and oxygen atoms in total. The van der Waals surface area contributed by atoms with E-state index in [4.69, 9.17) is 0 Å². The molecule has 0 radical (unpaired) electrons. The molecule has 0 bridgehead atoms. The highest BCUT2D eigenvalue weighted by Crippen LogP contribution is 2.49. The van der Waals surface area contributed by atoms with Crippen LogP contribution in [0.5, 0.6) is 0 Å². The zero-order chi connectivity index (χ0) is 41.0. The average Bonchev–Trinajstić information content (AvgIpc) is 3.73. The van der Waals surface area contributed by atoms with Crippen molar-refractivity contribution >= 4 is 80.9 Å². The summed E-state index contributed by atoms with van der Waals surface area (Å²) in [5.74, 6) is 0. The van der Waals surface area contributed by atoms with Gasteiger partial charge in [-0.1, -0.05) is 200 Å². The summed E-state index contributed by atoms with van der Waals surface area (Å²) in [5, 5.41) is 10.1. The maximum atomic E-state index is 2.50. The molecule has 2 heteroatoms. The van der Waals surface area contributed by atoms with E-state index in [1.165, 1.54) is 91.4 Å². The molecule has 0 aliphatic carbocycles. The lowest BCUT2D eigenvalue weighted by molar-refractivity contribution is 1.29. The van der Waals surface area contributed by atoms with Crippen LogP contribution in [0.3, 0.4) is 0 Å². The van der Waals surface area contributed by atoms with Crippen LogP contribution in [0.1, 0.15) is 0 Å². The van der Waals surface area contributed by atoms with E-state index in [2.05, 4.69) is 241 Å². The second kappa shape index (κ2) is 15.0. The quantitative estimate of drug-likeness (QED) is 0.145. The van der Waals surface area contributed by atoms with E-state index in [1.807, 2.05) is 11.3 Å². The highest BCUT2D eigenvalue weighted by molar-refractivity contribution is 7.25. The van der Waals surface area contributed by atoms with E-state index in [-0.39, 0.29) is 0 Å². The van der Waals surface area contributed by atoms with Gasteiger partial charge in [0.15, 0.2) is 0 Å². The van der Waals surface area contributed by atoms with Gasteiger partial charge in [0.05, 0.1) is 11.4 Å². The van der Waals surface area contributed by atoms with Gasteiger partial charge in [0.1, 0.15) is 0 Å². The van der Waals surface area contributed by atoms with Crippen LogP contribution >= 0.6 is 11.3 Å². The first-order valence-corrected chi connectivity index (χ1v) is 22.1. The predicted molar refractivity (Wildman–Crippen MR) is 268 cm³/mol. The van der Waals surface area contributed by atoms with Crippen LogP contribution in [0, 0.1) is 0 Å². The number of nitrogens with zero attached hydrogens (tertiary/aromatic N) is 1. The van der Waals surface area contributed by atoms with Gasteiger partial charge in [0.2, 0.25) is 0 Å². The summed E-state index contributed by atoms with van der Waals surface area (Å²) in [5.41, 5.74) is 12.9. The van der Waals surface area contributed by atoms with Crippen molar-refractivity contribution in [3.63, 3.8) is 0 Å². The van der Waals surface area contributed by atoms with Crippen LogP contribution in [0.15, 0.2) is 237 Å². The minimum Gasteiger partial charge on any atom is -0.309 e. The maximum Gasteiger partial charge on any atom is 0.0540 e. The molecule has 1 aromatic heterocycles. The Morgan fingerprint density at radius 3 is 1.63 bits per heavy atom. The lowest BCUT2D eigenvalue weighted by Crippen LogP contribution is -2.12. The Morgan fingerprint density at radius 2 is 0.806 bits per heavy atom. The number of thiophene rings is 1. The van der Waals surface area contributed by atoms with Gasteiger partial charge in [-0.15, -0.1) is 11.3 Å². The Labute approximate surface area is 365 Å². The molecule has 0 saturated heterocycles. The third-order valence-electron chi connectivity index (χ3n) is 12.5. The summed E-state index contributed by atoms with van der Waals surface area (Å²) in [4.78, 5) is 2.50. The zero-order valence-corrected chi connectivity index (χ0v) is 34.7. The highest BCUT2D eigenvalue weighted by Gasteiger charge is 2.23. The number of anilines is 3. The third-order valence-corrected chi connectivity index (χ3v) is 13.6. The van der Waals surface area contributed by atoms with Crippen molar-refractivity contribution in [3.05, 3.63) is 237 Å². The Hall–Kier alpha value is -7.78. The summed E-state index contributed by atoms with van der Waals surface area (Å²) < 4.78 is 2.61. The van der Waals surface area contributed by atoms with E-state index in [1.54, 1.807) is 0 Å². The third kappa shape index (κ3) is 5.99. The van der Waals surface area contributed by atoms with Crippen molar-refractivity contribution in [2.24, 2.45) is 0 Å². The summed E-state index contributed by atoms with van der Waals surface area (Å²) in [6.45, 7) is 0. The zero-order valence-electron chi connectivity index (χ0n) is 33.9. The lowest BCUT2D eigenvalue weighted by Gasteiger charge is -2.31. The topological polar surface area (TPSA) is 3.24 Å². The summed E-state index contributed by atoms with van der Waals surface area (Å²) >= 11 is 1.87. The van der Waals surface area contributed by atoms with Crippen molar-refractivity contribution in [2.75, 3.05) is 4.90 Å². The molecule has 0 aliphatic heterocycles. The molecule has 0 saturated carbocycles. The summed E-state index contributed by atoms with van der Waals surface area (Å²) in [7, 11) is 0. The lowest BCUT2D eigenvalue weighted by atomic mass is 9.90. The molecule has 0 unspecified atom stereocenters. The molecule has 0 fully saturated rings. The number of para-hydroxylation sites is 2. The SMILES string of the molecule is c1ccc(-c2cccc3cccc(-c4ccccc4N(c4cccc(-c5cccc6sc7ccccc7c56)c4)c4ccccc4-c4cccc5c4ccc4ccccc45)c23)cc1. The smallest absolute Gasteiger partial charge is 0.0540 e. The van der Waals surface area contributed by atoms with Gasteiger partial charge in [-0.2, -0.15) is 0 Å². The van der Waals surface area contributed by atoms with Gasteiger partial charge in [-0.3, -0.25) is 0 Å². The largest absolute Gasteiger partial charge is 0.309 e. The van der Waals surface area contributed by atoms with Gasteiger partial charge in [-0.25, -0.2) is 0 Å². The molecular formula is C60H39NS. The first-order valence-electron chi connectivity index (χ1n) is 21.3. The van der Waals surface area contributed by atoms with Crippen molar-refractivity contribution in [3.8, 4) is 44.5 Å². The molecule has 1 heterocycles. The van der Waals surface area contributed by atoms with Gasteiger partial charge < -0.3 is 4.90 Å². The highest BCUT2D eigenvalue weighted by atomic mass is 32.1. The summed E-state index contributed by atoms with van der Waals surface area (Å²) in [6.07, 6.45) is 0. The monoisotopic (exact) mass is 805 g/mol. The van der Waals surface area contributed by atoms with Crippen molar-refractivity contribution < 1.29 is 0 Å². The number of benzene rings is 11. The van der Waals surface area contributed by atoms with Crippen LogP contribution in [0.25, 0.3) is 97.0 Å². The Balaban J connectivity index is 1.13. The molecule has 0 atom stereocenters. The molecule has 12 aromatic rings. The molecule has 62 heavy (non-hydrogen) atoms. The molecular weight excluding hydrogens is 767 g/mol. The van der Waals surface area contributed by atoms with E-state index in [9.17, 15) is 0 Å². The van der Waals surface area contributed by atoms with E-state index in [0.717, 1.165) is 22.6 Å². The molecule has 12 rings (SSSR count). The maximum absolute atomic E-state index is 2.50. The van der Waals surface area contributed by atoms with Crippen LogP contribution in [0.2, 0.25) is 0 Å². The normalized spacial score (nSPS) is 11.5. The van der Waals surface area contributed by atoms with Gasteiger partial charge in [0, 0.05) is 37.0 Å². The van der Waals surface area contributed by atoms with Gasteiger partial charge >= 0.3 is 0 Å². The minimum atomic E-state index is 1.09. The molecule has 0 spiro atoms.